The van der Waals surface area contributed by atoms with Gasteiger partial charge in [0.15, 0.2) is 0 Å². The minimum absolute atomic E-state index is 0.168. The Hall–Kier alpha value is -4.46. The molecule has 0 radical (unpaired) electrons. The van der Waals surface area contributed by atoms with Crippen molar-refractivity contribution >= 4 is 11.9 Å². The van der Waals surface area contributed by atoms with Crippen molar-refractivity contribution in [1.29, 1.82) is 0 Å². The number of hydrogen-bond acceptors (Lipinski definition) is 6. The smallest absolute Gasteiger partial charge is 0.326 e. The van der Waals surface area contributed by atoms with Gasteiger partial charge in [0, 0.05) is 31.1 Å². The summed E-state index contributed by atoms with van der Waals surface area (Å²) in [5.41, 5.74) is 3.73. The third kappa shape index (κ3) is 4.84. The molecule has 2 aromatic carbocycles. The number of amides is 1. The molecule has 0 saturated heterocycles. The molecule has 8 heteroatoms. The quantitative estimate of drug-likeness (QED) is 0.417. The number of oxazole rings is 1. The zero-order valence-corrected chi connectivity index (χ0v) is 19.8. The van der Waals surface area contributed by atoms with Crippen LogP contribution < -0.4 is 4.74 Å². The lowest BCUT2D eigenvalue weighted by atomic mass is 9.93. The van der Waals surface area contributed by atoms with Gasteiger partial charge in [-0.2, -0.15) is 0 Å². The number of benzene rings is 2. The van der Waals surface area contributed by atoms with Crippen molar-refractivity contribution in [2.24, 2.45) is 0 Å². The number of aliphatic carboxylic acids is 1. The average molecular weight is 484 g/mol. The molecule has 1 amide bonds. The molecule has 0 bridgehead atoms. The van der Waals surface area contributed by atoms with E-state index in [0.717, 1.165) is 28.1 Å². The molecule has 36 heavy (non-hydrogen) atoms. The van der Waals surface area contributed by atoms with Crippen LogP contribution in [0.1, 0.15) is 33.1 Å². The summed E-state index contributed by atoms with van der Waals surface area (Å²) in [7, 11) is 0. The SMILES string of the molecule is Cc1oc(-c2ccccc2)nc1CCOc1ccc2c(c1)CN(C(=O)c1ccccn1)[C@H](C(=O)O)C2. The number of carbonyl (C=O) groups excluding carboxylic acids is 1. The molecule has 5 rings (SSSR count). The predicted molar refractivity (Wildman–Crippen MR) is 132 cm³/mol. The number of aryl methyl sites for hydroxylation is 1. The first-order valence-corrected chi connectivity index (χ1v) is 11.7. The summed E-state index contributed by atoms with van der Waals surface area (Å²) >= 11 is 0. The predicted octanol–water partition coefficient (Wildman–Crippen LogP) is 4.32. The molecule has 0 aliphatic carbocycles. The highest BCUT2D eigenvalue weighted by Crippen LogP contribution is 2.29. The lowest BCUT2D eigenvalue weighted by molar-refractivity contribution is -0.142. The molecule has 8 nitrogen and oxygen atoms in total. The molecule has 2 aromatic heterocycles. The normalized spacial score (nSPS) is 14.8. The standard InChI is InChI=1S/C28H25N3O5/c1-18-23(30-26(36-18)19-7-3-2-4-8-19)12-14-35-22-11-10-20-16-25(28(33)34)31(17-21(20)15-22)27(32)24-9-5-6-13-29-24/h2-11,13,15,25H,12,14,16-17H2,1H3,(H,33,34)/t25-/m0/s1. The summed E-state index contributed by atoms with van der Waals surface area (Å²) in [5, 5.41) is 9.75. The highest BCUT2D eigenvalue weighted by molar-refractivity contribution is 5.95. The highest BCUT2D eigenvalue weighted by Gasteiger charge is 2.35. The maximum Gasteiger partial charge on any atom is 0.326 e. The third-order valence-corrected chi connectivity index (χ3v) is 6.26. The Kier molecular flexibility index (Phi) is 6.49. The van der Waals surface area contributed by atoms with Crippen molar-refractivity contribution in [3.63, 3.8) is 0 Å². The van der Waals surface area contributed by atoms with Gasteiger partial charge in [0.1, 0.15) is 23.2 Å². The molecule has 0 saturated carbocycles. The van der Waals surface area contributed by atoms with E-state index in [1.165, 1.54) is 11.1 Å². The molecule has 1 atom stereocenters. The molecular weight excluding hydrogens is 458 g/mol. The third-order valence-electron chi connectivity index (χ3n) is 6.26. The Morgan fingerprint density at radius 3 is 2.64 bits per heavy atom. The maximum atomic E-state index is 13.0. The molecule has 1 aliphatic heterocycles. The van der Waals surface area contributed by atoms with Crippen LogP contribution in [0.25, 0.3) is 11.5 Å². The number of pyridine rings is 1. The van der Waals surface area contributed by atoms with E-state index >= 15 is 0 Å². The lowest BCUT2D eigenvalue weighted by Gasteiger charge is -2.34. The number of fused-ring (bicyclic) bond motifs is 1. The van der Waals surface area contributed by atoms with E-state index in [0.29, 0.717) is 24.7 Å². The molecular formula is C28H25N3O5. The van der Waals surface area contributed by atoms with Crippen LogP contribution >= 0.6 is 0 Å². The van der Waals surface area contributed by atoms with Gasteiger partial charge in [-0.3, -0.25) is 9.78 Å². The van der Waals surface area contributed by atoms with Crippen molar-refractivity contribution in [3.05, 3.63) is 101 Å². The first-order valence-electron chi connectivity index (χ1n) is 11.7. The fourth-order valence-electron chi connectivity index (χ4n) is 4.35. The number of nitrogens with zero attached hydrogens (tertiary/aromatic N) is 3. The second-order valence-corrected chi connectivity index (χ2v) is 8.62. The molecule has 0 unspecified atom stereocenters. The van der Waals surface area contributed by atoms with Gasteiger partial charge in [-0.1, -0.05) is 30.3 Å². The van der Waals surface area contributed by atoms with Crippen molar-refractivity contribution in [1.82, 2.24) is 14.9 Å². The van der Waals surface area contributed by atoms with Crippen LogP contribution in [0.4, 0.5) is 0 Å². The second kappa shape index (κ2) is 10.0. The summed E-state index contributed by atoms with van der Waals surface area (Å²) in [6.45, 7) is 2.45. The van der Waals surface area contributed by atoms with E-state index in [-0.39, 0.29) is 18.7 Å². The maximum absolute atomic E-state index is 13.0. The first-order chi connectivity index (χ1) is 17.5. The molecule has 3 heterocycles. The van der Waals surface area contributed by atoms with Crippen molar-refractivity contribution in [2.45, 2.75) is 32.4 Å². The van der Waals surface area contributed by atoms with Crippen LogP contribution in [0.2, 0.25) is 0 Å². The Morgan fingerprint density at radius 2 is 1.89 bits per heavy atom. The summed E-state index contributed by atoms with van der Waals surface area (Å²) in [5.74, 6) is 0.546. The molecule has 0 fully saturated rings. The Labute approximate surface area is 208 Å². The van der Waals surface area contributed by atoms with E-state index in [1.807, 2.05) is 55.5 Å². The van der Waals surface area contributed by atoms with E-state index in [4.69, 9.17) is 9.15 Å². The topological polar surface area (TPSA) is 106 Å². The Bertz CT molecular complexity index is 1390. The largest absolute Gasteiger partial charge is 0.493 e. The first kappa shape index (κ1) is 23.3. The molecule has 4 aromatic rings. The summed E-state index contributed by atoms with van der Waals surface area (Å²) < 4.78 is 11.8. The van der Waals surface area contributed by atoms with Gasteiger partial charge in [-0.15, -0.1) is 0 Å². The van der Waals surface area contributed by atoms with Gasteiger partial charge < -0.3 is 19.2 Å². The fraction of sp³-hybridized carbons (Fsp3) is 0.214. The molecule has 1 aliphatic rings. The van der Waals surface area contributed by atoms with Gasteiger partial charge >= 0.3 is 5.97 Å². The van der Waals surface area contributed by atoms with Crippen molar-refractivity contribution in [2.75, 3.05) is 6.61 Å². The summed E-state index contributed by atoms with van der Waals surface area (Å²) in [6.07, 6.45) is 2.32. The Balaban J connectivity index is 1.28. The van der Waals surface area contributed by atoms with E-state index in [1.54, 1.807) is 18.2 Å². The zero-order valence-electron chi connectivity index (χ0n) is 19.8. The van der Waals surface area contributed by atoms with Crippen molar-refractivity contribution in [3.8, 4) is 17.2 Å². The van der Waals surface area contributed by atoms with Gasteiger partial charge in [0.05, 0.1) is 12.3 Å². The zero-order chi connectivity index (χ0) is 25.1. The van der Waals surface area contributed by atoms with Gasteiger partial charge in [0.2, 0.25) is 5.89 Å². The van der Waals surface area contributed by atoms with Gasteiger partial charge in [-0.05, 0) is 54.4 Å². The van der Waals surface area contributed by atoms with Crippen LogP contribution in [0.3, 0.4) is 0 Å². The van der Waals surface area contributed by atoms with Crippen molar-refractivity contribution < 1.29 is 23.8 Å². The van der Waals surface area contributed by atoms with Crippen LogP contribution in [0.15, 0.2) is 77.3 Å². The number of carboxylic acids is 1. The monoisotopic (exact) mass is 483 g/mol. The number of aromatic nitrogens is 2. The minimum atomic E-state index is -1.04. The van der Waals surface area contributed by atoms with E-state index in [9.17, 15) is 14.7 Å². The van der Waals surface area contributed by atoms with Gasteiger partial charge in [0.25, 0.3) is 5.91 Å². The Morgan fingerprint density at radius 1 is 1.08 bits per heavy atom. The fourth-order valence-corrected chi connectivity index (χ4v) is 4.35. The van der Waals surface area contributed by atoms with Crippen LogP contribution in [-0.2, 0) is 24.2 Å². The summed E-state index contributed by atoms with van der Waals surface area (Å²) in [4.78, 5) is 35.0. The van der Waals surface area contributed by atoms with Crippen LogP contribution in [0.5, 0.6) is 5.75 Å². The van der Waals surface area contributed by atoms with Crippen LogP contribution in [-0.4, -0.2) is 44.5 Å². The van der Waals surface area contributed by atoms with Gasteiger partial charge in [-0.25, -0.2) is 9.78 Å². The molecule has 0 spiro atoms. The lowest BCUT2D eigenvalue weighted by Crippen LogP contribution is -2.48. The average Bonchev–Trinajstić information content (AvgIpc) is 3.28. The second-order valence-electron chi connectivity index (χ2n) is 8.62. The number of carbonyl (C=O) groups is 2. The number of rotatable bonds is 7. The molecule has 182 valence electrons. The minimum Gasteiger partial charge on any atom is -0.493 e. The number of ether oxygens (including phenoxy) is 1. The number of carboxylic acid groups (broad SMARTS) is 1. The van der Waals surface area contributed by atoms with Crippen LogP contribution in [0, 0.1) is 6.92 Å². The highest BCUT2D eigenvalue weighted by atomic mass is 16.5. The summed E-state index contributed by atoms with van der Waals surface area (Å²) in [6, 6.07) is 19.4. The van der Waals surface area contributed by atoms with E-state index in [2.05, 4.69) is 9.97 Å². The number of hydrogen-bond donors (Lipinski definition) is 1. The molecule has 1 N–H and O–H groups in total. The van der Waals surface area contributed by atoms with E-state index < -0.39 is 17.9 Å².